The molecule has 1 aromatic rings. The van der Waals surface area contributed by atoms with Crippen molar-refractivity contribution in [2.45, 2.75) is 25.9 Å². The summed E-state index contributed by atoms with van der Waals surface area (Å²) in [4.78, 5) is 23.8. The molecule has 2 aliphatic heterocycles. The van der Waals surface area contributed by atoms with Crippen LogP contribution < -0.4 is 0 Å². The Morgan fingerprint density at radius 3 is 2.83 bits per heavy atom. The zero-order chi connectivity index (χ0) is 16.1. The highest BCUT2D eigenvalue weighted by Gasteiger charge is 2.28. The first-order valence-corrected chi connectivity index (χ1v) is 9.38. The maximum Gasteiger partial charge on any atom is 0.239 e. The zero-order valence-electron chi connectivity index (χ0n) is 13.8. The van der Waals surface area contributed by atoms with Crippen LogP contribution >= 0.6 is 11.3 Å². The quantitative estimate of drug-likeness (QED) is 0.816. The molecule has 1 atom stereocenters. The smallest absolute Gasteiger partial charge is 0.239 e. The summed E-state index contributed by atoms with van der Waals surface area (Å²) < 4.78 is 5.38. The molecule has 0 N–H and O–H groups in total. The summed E-state index contributed by atoms with van der Waals surface area (Å²) in [6, 6.07) is -0.0380. The van der Waals surface area contributed by atoms with E-state index in [4.69, 9.17) is 4.74 Å². The summed E-state index contributed by atoms with van der Waals surface area (Å²) >= 11 is 1.64. The summed E-state index contributed by atoms with van der Waals surface area (Å²) in [5, 5.41) is 2.11. The van der Waals surface area contributed by atoms with Crippen molar-refractivity contribution < 1.29 is 9.53 Å². The van der Waals surface area contributed by atoms with E-state index < -0.39 is 0 Å². The number of nitrogens with zero attached hydrogens (tertiary/aromatic N) is 4. The number of ether oxygens (including phenoxy) is 1. The zero-order valence-corrected chi connectivity index (χ0v) is 14.6. The fraction of sp³-hybridized carbons (Fsp3) is 0.750. The van der Waals surface area contributed by atoms with Gasteiger partial charge in [0.05, 0.1) is 30.5 Å². The van der Waals surface area contributed by atoms with Gasteiger partial charge in [0.25, 0.3) is 0 Å². The summed E-state index contributed by atoms with van der Waals surface area (Å²) in [7, 11) is 0. The molecule has 23 heavy (non-hydrogen) atoms. The van der Waals surface area contributed by atoms with Gasteiger partial charge in [0.1, 0.15) is 0 Å². The van der Waals surface area contributed by atoms with Crippen LogP contribution in [0.5, 0.6) is 0 Å². The molecule has 0 aliphatic carbocycles. The van der Waals surface area contributed by atoms with Crippen LogP contribution in [0.15, 0.2) is 10.9 Å². The van der Waals surface area contributed by atoms with Crippen LogP contribution in [0.4, 0.5) is 0 Å². The summed E-state index contributed by atoms with van der Waals surface area (Å²) in [6.45, 7) is 9.76. The van der Waals surface area contributed by atoms with Gasteiger partial charge in [-0.1, -0.05) is 0 Å². The fourth-order valence-corrected chi connectivity index (χ4v) is 3.83. The van der Waals surface area contributed by atoms with Crippen molar-refractivity contribution in [3.8, 4) is 0 Å². The van der Waals surface area contributed by atoms with Crippen molar-refractivity contribution in [1.29, 1.82) is 0 Å². The average Bonchev–Trinajstić information content (AvgIpc) is 2.99. The largest absolute Gasteiger partial charge is 0.379 e. The molecule has 128 valence electrons. The summed E-state index contributed by atoms with van der Waals surface area (Å²) in [5.74, 6) is 0.266. The Kier molecular flexibility index (Phi) is 5.99. The Labute approximate surface area is 142 Å². The lowest BCUT2D eigenvalue weighted by Gasteiger charge is -2.34. The lowest BCUT2D eigenvalue weighted by Crippen LogP contribution is -2.51. The Hall–Kier alpha value is -1.02. The van der Waals surface area contributed by atoms with Crippen LogP contribution in [-0.4, -0.2) is 84.1 Å². The topological polar surface area (TPSA) is 48.9 Å². The third-order valence-electron chi connectivity index (χ3n) is 4.72. The van der Waals surface area contributed by atoms with Crippen molar-refractivity contribution in [1.82, 2.24) is 19.7 Å². The number of amides is 1. The highest BCUT2D eigenvalue weighted by atomic mass is 32.1. The molecule has 0 bridgehead atoms. The number of thiazole rings is 1. The van der Waals surface area contributed by atoms with Gasteiger partial charge in [-0.2, -0.15) is 0 Å². The molecule has 1 aromatic heterocycles. The van der Waals surface area contributed by atoms with Crippen LogP contribution in [0.25, 0.3) is 0 Å². The van der Waals surface area contributed by atoms with Crippen molar-refractivity contribution in [3.05, 3.63) is 16.6 Å². The van der Waals surface area contributed by atoms with E-state index >= 15 is 0 Å². The van der Waals surface area contributed by atoms with E-state index in [-0.39, 0.29) is 11.9 Å². The van der Waals surface area contributed by atoms with Gasteiger partial charge in [-0.05, 0) is 13.3 Å². The number of morpholine rings is 1. The van der Waals surface area contributed by atoms with Gasteiger partial charge in [-0.25, -0.2) is 4.98 Å². The van der Waals surface area contributed by atoms with Crippen LogP contribution in [0.1, 0.15) is 19.0 Å². The van der Waals surface area contributed by atoms with E-state index in [0.717, 1.165) is 71.1 Å². The number of carbonyl (C=O) groups excluding carboxylic acids is 1. The van der Waals surface area contributed by atoms with Crippen LogP contribution in [0.3, 0.4) is 0 Å². The van der Waals surface area contributed by atoms with E-state index in [1.807, 2.05) is 17.3 Å². The van der Waals surface area contributed by atoms with E-state index in [1.165, 1.54) is 0 Å². The molecule has 2 fully saturated rings. The van der Waals surface area contributed by atoms with Crippen molar-refractivity contribution in [2.24, 2.45) is 0 Å². The molecule has 0 saturated carbocycles. The van der Waals surface area contributed by atoms with E-state index in [9.17, 15) is 4.79 Å². The third-order valence-corrected chi connectivity index (χ3v) is 5.36. The molecule has 0 radical (unpaired) electrons. The van der Waals surface area contributed by atoms with Gasteiger partial charge in [0.15, 0.2) is 0 Å². The molecule has 6 nitrogen and oxygen atoms in total. The second kappa shape index (κ2) is 8.19. The lowest BCUT2D eigenvalue weighted by atomic mass is 10.2. The first-order valence-electron chi connectivity index (χ1n) is 8.44. The number of hydrogen-bond acceptors (Lipinski definition) is 6. The summed E-state index contributed by atoms with van der Waals surface area (Å²) in [5.41, 5.74) is 3.02. The molecule has 2 aliphatic rings. The van der Waals surface area contributed by atoms with Crippen molar-refractivity contribution in [3.63, 3.8) is 0 Å². The predicted octanol–water partition coefficient (Wildman–Crippen LogP) is 0.898. The van der Waals surface area contributed by atoms with Gasteiger partial charge in [-0.15, -0.1) is 11.3 Å². The van der Waals surface area contributed by atoms with E-state index in [1.54, 1.807) is 11.3 Å². The summed E-state index contributed by atoms with van der Waals surface area (Å²) in [6.07, 6.45) is 1.03. The minimum absolute atomic E-state index is 0.0380. The number of aromatic nitrogens is 1. The van der Waals surface area contributed by atoms with E-state index in [2.05, 4.69) is 20.2 Å². The molecule has 1 amide bonds. The molecular weight excluding hydrogens is 312 g/mol. The highest BCUT2D eigenvalue weighted by Crippen LogP contribution is 2.12. The Bertz CT molecular complexity index is 490. The Morgan fingerprint density at radius 1 is 1.26 bits per heavy atom. The molecule has 0 aromatic carbocycles. The second-order valence-corrected chi connectivity index (χ2v) is 6.98. The third kappa shape index (κ3) is 4.50. The van der Waals surface area contributed by atoms with Gasteiger partial charge in [-0.3, -0.25) is 14.6 Å². The van der Waals surface area contributed by atoms with Crippen LogP contribution in [-0.2, 0) is 16.1 Å². The first kappa shape index (κ1) is 16.8. The molecule has 2 saturated heterocycles. The molecular formula is C16H26N4O2S. The molecule has 0 spiro atoms. The molecule has 7 heteroatoms. The highest BCUT2D eigenvalue weighted by molar-refractivity contribution is 7.07. The first-order chi connectivity index (χ1) is 11.2. The maximum absolute atomic E-state index is 12.8. The van der Waals surface area contributed by atoms with Gasteiger partial charge < -0.3 is 9.64 Å². The standard InChI is InChI=1S/C16H26N4O2S/c1-14(19-7-9-22-10-8-19)16(21)20-4-2-3-18(5-6-20)11-15-12-23-13-17-15/h12-14H,2-11H2,1H3. The normalized spacial score (nSPS) is 22.7. The number of carbonyl (C=O) groups is 1. The number of hydrogen-bond donors (Lipinski definition) is 0. The minimum atomic E-state index is -0.0380. The second-order valence-electron chi connectivity index (χ2n) is 6.26. The van der Waals surface area contributed by atoms with Crippen molar-refractivity contribution in [2.75, 3.05) is 52.5 Å². The lowest BCUT2D eigenvalue weighted by molar-refractivity contribution is -0.137. The van der Waals surface area contributed by atoms with Gasteiger partial charge in [0.2, 0.25) is 5.91 Å². The van der Waals surface area contributed by atoms with Crippen LogP contribution in [0, 0.1) is 0 Å². The molecule has 3 rings (SSSR count). The fourth-order valence-electron chi connectivity index (χ4n) is 3.28. The molecule has 1 unspecified atom stereocenters. The van der Waals surface area contributed by atoms with Gasteiger partial charge >= 0.3 is 0 Å². The SMILES string of the molecule is CC(C(=O)N1CCCN(Cc2cscn2)CC1)N1CCOCC1. The Morgan fingerprint density at radius 2 is 2.09 bits per heavy atom. The minimum Gasteiger partial charge on any atom is -0.379 e. The van der Waals surface area contributed by atoms with Crippen molar-refractivity contribution >= 4 is 17.2 Å². The monoisotopic (exact) mass is 338 g/mol. The molecule has 3 heterocycles. The van der Waals surface area contributed by atoms with E-state index in [0.29, 0.717) is 0 Å². The Balaban J connectivity index is 1.51. The number of rotatable bonds is 4. The van der Waals surface area contributed by atoms with Crippen LogP contribution in [0.2, 0.25) is 0 Å². The average molecular weight is 338 g/mol. The maximum atomic E-state index is 12.8. The van der Waals surface area contributed by atoms with Gasteiger partial charge in [0, 0.05) is 51.2 Å². The predicted molar refractivity (Wildman–Crippen MR) is 90.4 cm³/mol.